The van der Waals surface area contributed by atoms with Gasteiger partial charge in [0, 0.05) is 0 Å². The maximum absolute atomic E-state index is 3.93. The third-order valence-electron chi connectivity index (χ3n) is 4.23. The lowest BCUT2D eigenvalue weighted by atomic mass is 9.96. The van der Waals surface area contributed by atoms with Crippen LogP contribution >= 0.6 is 0 Å². The zero-order valence-corrected chi connectivity index (χ0v) is 18.1. The smallest absolute Gasteiger partial charge is 0.0204 e. The van der Waals surface area contributed by atoms with Crippen molar-refractivity contribution in [3.05, 3.63) is 88.5 Å². The predicted molar refractivity (Wildman–Crippen MR) is 121 cm³/mol. The van der Waals surface area contributed by atoms with Crippen LogP contribution in [0.5, 0.6) is 0 Å². The van der Waals surface area contributed by atoms with E-state index in [-0.39, 0.29) is 0 Å². The fraction of sp³-hybridized carbons (Fsp3) is 0.385. The fourth-order valence-electron chi connectivity index (χ4n) is 2.71. The molecular formula is C26H38. The van der Waals surface area contributed by atoms with Gasteiger partial charge in [-0.1, -0.05) is 81.0 Å². The number of rotatable bonds is 5. The van der Waals surface area contributed by atoms with E-state index in [1.807, 2.05) is 19.9 Å². The Morgan fingerprint density at radius 1 is 0.923 bits per heavy atom. The molecule has 0 nitrogen and oxygen atoms in total. The minimum atomic E-state index is 1.08. The number of aryl methyl sites for hydroxylation is 5. The maximum Gasteiger partial charge on any atom is -0.0204 e. The fourth-order valence-corrected chi connectivity index (χ4v) is 2.71. The normalized spacial score (nSPS) is 9.35. The van der Waals surface area contributed by atoms with Crippen molar-refractivity contribution in [2.75, 3.05) is 0 Å². The van der Waals surface area contributed by atoms with Gasteiger partial charge >= 0.3 is 0 Å². The zero-order valence-electron chi connectivity index (χ0n) is 18.1. The number of benzene rings is 2. The van der Waals surface area contributed by atoms with Gasteiger partial charge in [-0.25, -0.2) is 0 Å². The molecule has 0 heteroatoms. The van der Waals surface area contributed by atoms with Gasteiger partial charge in [-0.15, -0.1) is 6.58 Å². The molecule has 0 aliphatic rings. The maximum atomic E-state index is 3.93. The summed E-state index contributed by atoms with van der Waals surface area (Å²) in [6.45, 7) is 22.4. The molecule has 0 N–H and O–H groups in total. The first kappa shape index (κ1) is 23.9. The first-order valence-electron chi connectivity index (χ1n) is 9.79. The van der Waals surface area contributed by atoms with Crippen LogP contribution in [0.3, 0.4) is 0 Å². The lowest BCUT2D eigenvalue weighted by Crippen LogP contribution is -1.92. The van der Waals surface area contributed by atoms with Crippen LogP contribution in [0.2, 0.25) is 0 Å². The summed E-state index contributed by atoms with van der Waals surface area (Å²) in [4.78, 5) is 0. The summed E-state index contributed by atoms with van der Waals surface area (Å²) < 4.78 is 0. The number of hydrogen-bond acceptors (Lipinski definition) is 0. The van der Waals surface area contributed by atoms with E-state index in [0.717, 1.165) is 19.3 Å². The highest BCUT2D eigenvalue weighted by Gasteiger charge is 2.02. The van der Waals surface area contributed by atoms with Crippen molar-refractivity contribution in [1.29, 1.82) is 0 Å². The van der Waals surface area contributed by atoms with Gasteiger partial charge in [-0.2, -0.15) is 0 Å². The molecule has 0 spiro atoms. The van der Waals surface area contributed by atoms with Crippen LogP contribution in [0.1, 0.15) is 67.5 Å². The van der Waals surface area contributed by atoms with Crippen LogP contribution in [0.15, 0.2) is 55.1 Å². The van der Waals surface area contributed by atoms with Crippen LogP contribution < -0.4 is 0 Å². The molecule has 0 radical (unpaired) electrons. The van der Waals surface area contributed by atoms with E-state index < -0.39 is 0 Å². The summed E-state index contributed by atoms with van der Waals surface area (Å²) in [5.74, 6) is 0. The van der Waals surface area contributed by atoms with E-state index in [4.69, 9.17) is 0 Å². The lowest BCUT2D eigenvalue weighted by Gasteiger charge is -2.09. The lowest BCUT2D eigenvalue weighted by molar-refractivity contribution is 0.941. The van der Waals surface area contributed by atoms with E-state index in [1.54, 1.807) is 0 Å². The molecule has 0 heterocycles. The Balaban J connectivity index is 0.000000484. The van der Waals surface area contributed by atoms with Crippen molar-refractivity contribution < 1.29 is 0 Å². The molecule has 0 aromatic heterocycles. The van der Waals surface area contributed by atoms with Crippen LogP contribution in [0.25, 0.3) is 6.08 Å². The van der Waals surface area contributed by atoms with Crippen molar-refractivity contribution in [3.8, 4) is 0 Å². The predicted octanol–water partition coefficient (Wildman–Crippen LogP) is 8.04. The molecule has 0 saturated carbocycles. The second-order valence-corrected chi connectivity index (χ2v) is 6.64. The Bertz CT molecular complexity index is 649. The highest BCUT2D eigenvalue weighted by molar-refractivity contribution is 5.57. The molecule has 2 rings (SSSR count). The van der Waals surface area contributed by atoms with E-state index in [2.05, 4.69) is 84.2 Å². The zero-order chi connectivity index (χ0) is 20.1. The Kier molecular flexibility index (Phi) is 12.1. The largest absolute Gasteiger partial charge is 0.100 e. The molecule has 2 aromatic carbocycles. The Morgan fingerprint density at radius 3 is 1.81 bits per heavy atom. The molecule has 0 aliphatic carbocycles. The second-order valence-electron chi connectivity index (χ2n) is 6.64. The molecular weight excluding hydrogens is 312 g/mol. The van der Waals surface area contributed by atoms with E-state index in [0.29, 0.717) is 0 Å². The van der Waals surface area contributed by atoms with Gasteiger partial charge in [0.15, 0.2) is 0 Å². The quantitative estimate of drug-likeness (QED) is 0.479. The molecule has 26 heavy (non-hydrogen) atoms. The minimum Gasteiger partial charge on any atom is -0.100 e. The van der Waals surface area contributed by atoms with Crippen LogP contribution in [-0.2, 0) is 12.8 Å². The van der Waals surface area contributed by atoms with E-state index in [1.165, 1.54) is 39.0 Å². The van der Waals surface area contributed by atoms with Gasteiger partial charge in [0.2, 0.25) is 0 Å². The SMILES string of the molecule is C=Cc1c(C)cc(CCC(=C)C)cc1C.CC.CCc1ccc(C)cc1. The molecule has 0 saturated heterocycles. The first-order chi connectivity index (χ1) is 12.4. The minimum absolute atomic E-state index is 1.08. The molecule has 0 atom stereocenters. The highest BCUT2D eigenvalue weighted by Crippen LogP contribution is 2.19. The van der Waals surface area contributed by atoms with Crippen LogP contribution in [0, 0.1) is 20.8 Å². The molecule has 0 aliphatic heterocycles. The van der Waals surface area contributed by atoms with Crippen molar-refractivity contribution in [3.63, 3.8) is 0 Å². The Hall–Kier alpha value is -2.08. The number of hydrogen-bond donors (Lipinski definition) is 0. The summed E-state index contributed by atoms with van der Waals surface area (Å²) in [6.07, 6.45) is 5.24. The molecule has 0 unspecified atom stereocenters. The molecule has 2 aromatic rings. The second kappa shape index (κ2) is 13.2. The van der Waals surface area contributed by atoms with Crippen LogP contribution in [-0.4, -0.2) is 0 Å². The molecule has 0 amide bonds. The summed E-state index contributed by atoms with van der Waals surface area (Å²) in [6, 6.07) is 13.2. The topological polar surface area (TPSA) is 0 Å². The summed E-state index contributed by atoms with van der Waals surface area (Å²) in [7, 11) is 0. The summed E-state index contributed by atoms with van der Waals surface area (Å²) >= 11 is 0. The monoisotopic (exact) mass is 350 g/mol. The molecule has 0 bridgehead atoms. The highest BCUT2D eigenvalue weighted by atomic mass is 14.1. The van der Waals surface area contributed by atoms with Gasteiger partial charge in [-0.05, 0) is 74.8 Å². The molecule has 142 valence electrons. The third kappa shape index (κ3) is 8.85. The first-order valence-corrected chi connectivity index (χ1v) is 9.79. The average molecular weight is 351 g/mol. The van der Waals surface area contributed by atoms with Gasteiger partial charge in [-0.3, -0.25) is 0 Å². The average Bonchev–Trinajstić information content (AvgIpc) is 2.63. The van der Waals surface area contributed by atoms with Crippen molar-refractivity contribution in [1.82, 2.24) is 0 Å². The van der Waals surface area contributed by atoms with Gasteiger partial charge in [0.25, 0.3) is 0 Å². The van der Waals surface area contributed by atoms with E-state index in [9.17, 15) is 0 Å². The standard InChI is InChI=1S/C15H20.C9H12.C2H6/c1-6-15-12(4)9-14(10-13(15)5)8-7-11(2)3;1-3-9-6-4-8(2)5-7-9;1-2/h6,9-10H,1-2,7-8H2,3-5H3;4-7H,3H2,1-2H3;1-2H3. The van der Waals surface area contributed by atoms with Gasteiger partial charge in [0.05, 0.1) is 0 Å². The molecule has 0 fully saturated rings. The van der Waals surface area contributed by atoms with Crippen molar-refractivity contribution in [2.24, 2.45) is 0 Å². The Labute approximate surface area is 162 Å². The van der Waals surface area contributed by atoms with Crippen LogP contribution in [0.4, 0.5) is 0 Å². The van der Waals surface area contributed by atoms with Gasteiger partial charge < -0.3 is 0 Å². The van der Waals surface area contributed by atoms with Gasteiger partial charge in [0.1, 0.15) is 0 Å². The van der Waals surface area contributed by atoms with Crippen molar-refractivity contribution >= 4 is 6.08 Å². The van der Waals surface area contributed by atoms with E-state index >= 15 is 0 Å². The summed E-state index contributed by atoms with van der Waals surface area (Å²) in [5, 5.41) is 0. The summed E-state index contributed by atoms with van der Waals surface area (Å²) in [5.41, 5.74) is 9.32. The Morgan fingerprint density at radius 2 is 1.42 bits per heavy atom. The number of allylic oxidation sites excluding steroid dienone is 1. The van der Waals surface area contributed by atoms with Crippen molar-refractivity contribution in [2.45, 2.75) is 67.7 Å². The third-order valence-corrected chi connectivity index (χ3v) is 4.23.